The molecule has 0 aliphatic rings. The number of pyridine rings is 1. The first kappa shape index (κ1) is 11.3. The zero-order valence-corrected chi connectivity index (χ0v) is 9.30. The average Bonchev–Trinajstić information content (AvgIpc) is 2.12. The molecular formula is C10H16ClN3. The molecule has 1 heterocycles. The summed E-state index contributed by atoms with van der Waals surface area (Å²) in [5.41, 5.74) is 7.41. The molecule has 0 bridgehead atoms. The third kappa shape index (κ3) is 3.16. The van der Waals surface area contributed by atoms with E-state index in [2.05, 4.69) is 10.3 Å². The van der Waals surface area contributed by atoms with Gasteiger partial charge in [-0.25, -0.2) is 0 Å². The molecule has 3 N–H and O–H groups in total. The largest absolute Gasteiger partial charge is 0.384 e. The molecule has 0 amide bonds. The summed E-state index contributed by atoms with van der Waals surface area (Å²) in [7, 11) is 0. The number of rotatable bonds is 4. The lowest BCUT2D eigenvalue weighted by molar-refractivity contribution is 0.690. The standard InChI is InChI=1S/C10H16ClN3/c1-7(12)3-5-14-9-4-6-13-8(2)10(9)11/h4,6-7H,3,5,12H2,1-2H3,(H,13,14). The minimum Gasteiger partial charge on any atom is -0.384 e. The summed E-state index contributed by atoms with van der Waals surface area (Å²) in [6, 6.07) is 2.08. The molecule has 0 spiro atoms. The van der Waals surface area contributed by atoms with Crippen molar-refractivity contribution in [2.24, 2.45) is 5.73 Å². The van der Waals surface area contributed by atoms with Gasteiger partial charge in [0.2, 0.25) is 0 Å². The first-order chi connectivity index (χ1) is 6.61. The topological polar surface area (TPSA) is 50.9 Å². The van der Waals surface area contributed by atoms with E-state index in [0.29, 0.717) is 5.02 Å². The monoisotopic (exact) mass is 213 g/mol. The van der Waals surface area contributed by atoms with Crippen LogP contribution in [0.2, 0.25) is 5.02 Å². The molecule has 0 aliphatic heterocycles. The van der Waals surface area contributed by atoms with Crippen LogP contribution in [0.1, 0.15) is 19.0 Å². The van der Waals surface area contributed by atoms with Crippen molar-refractivity contribution in [3.05, 3.63) is 23.0 Å². The number of nitrogens with one attached hydrogen (secondary N) is 1. The van der Waals surface area contributed by atoms with Gasteiger partial charge in [-0.1, -0.05) is 11.6 Å². The maximum atomic E-state index is 6.05. The highest BCUT2D eigenvalue weighted by Gasteiger charge is 2.02. The molecule has 0 aromatic carbocycles. The Labute approximate surface area is 89.7 Å². The van der Waals surface area contributed by atoms with Crippen LogP contribution in [0.4, 0.5) is 5.69 Å². The highest BCUT2D eigenvalue weighted by molar-refractivity contribution is 6.33. The number of aromatic nitrogens is 1. The molecule has 0 fully saturated rings. The van der Waals surface area contributed by atoms with Crippen molar-refractivity contribution in [1.82, 2.24) is 4.98 Å². The molecule has 0 saturated carbocycles. The summed E-state index contributed by atoms with van der Waals surface area (Å²) < 4.78 is 0. The van der Waals surface area contributed by atoms with Gasteiger partial charge >= 0.3 is 0 Å². The summed E-state index contributed by atoms with van der Waals surface area (Å²) in [6.07, 6.45) is 2.67. The van der Waals surface area contributed by atoms with Crippen LogP contribution in [0, 0.1) is 6.92 Å². The Morgan fingerprint density at radius 1 is 1.64 bits per heavy atom. The number of anilines is 1. The molecule has 0 saturated heterocycles. The molecule has 1 atom stereocenters. The minimum atomic E-state index is 0.212. The van der Waals surface area contributed by atoms with E-state index in [1.54, 1.807) is 6.20 Å². The molecular weight excluding hydrogens is 198 g/mol. The van der Waals surface area contributed by atoms with Gasteiger partial charge in [-0.15, -0.1) is 0 Å². The van der Waals surface area contributed by atoms with Crippen molar-refractivity contribution in [3.8, 4) is 0 Å². The molecule has 78 valence electrons. The Balaban J connectivity index is 2.54. The number of nitrogens with zero attached hydrogens (tertiary/aromatic N) is 1. The molecule has 4 heteroatoms. The van der Waals surface area contributed by atoms with E-state index in [4.69, 9.17) is 17.3 Å². The molecule has 1 rings (SSSR count). The third-order valence-corrected chi connectivity index (χ3v) is 2.46. The molecule has 14 heavy (non-hydrogen) atoms. The van der Waals surface area contributed by atoms with E-state index in [-0.39, 0.29) is 6.04 Å². The second-order valence-corrected chi connectivity index (χ2v) is 3.83. The molecule has 3 nitrogen and oxygen atoms in total. The Morgan fingerprint density at radius 2 is 2.36 bits per heavy atom. The highest BCUT2D eigenvalue weighted by atomic mass is 35.5. The van der Waals surface area contributed by atoms with Crippen LogP contribution in [0.5, 0.6) is 0 Å². The van der Waals surface area contributed by atoms with Crippen LogP contribution in [0.3, 0.4) is 0 Å². The summed E-state index contributed by atoms with van der Waals surface area (Å²) in [5.74, 6) is 0. The normalized spacial score (nSPS) is 12.6. The number of hydrogen-bond acceptors (Lipinski definition) is 3. The summed E-state index contributed by atoms with van der Waals surface area (Å²) in [5, 5.41) is 3.92. The molecule has 0 radical (unpaired) electrons. The van der Waals surface area contributed by atoms with Gasteiger partial charge in [-0.05, 0) is 26.3 Å². The Kier molecular flexibility index (Phi) is 4.17. The number of nitrogens with two attached hydrogens (primary N) is 1. The lowest BCUT2D eigenvalue weighted by atomic mass is 10.2. The second kappa shape index (κ2) is 5.17. The van der Waals surface area contributed by atoms with Gasteiger partial charge in [0.15, 0.2) is 0 Å². The van der Waals surface area contributed by atoms with Crippen LogP contribution in [0.25, 0.3) is 0 Å². The van der Waals surface area contributed by atoms with E-state index in [0.717, 1.165) is 24.3 Å². The van der Waals surface area contributed by atoms with Gasteiger partial charge in [0, 0.05) is 18.8 Å². The van der Waals surface area contributed by atoms with E-state index in [1.165, 1.54) is 0 Å². The van der Waals surface area contributed by atoms with Crippen molar-refractivity contribution in [2.75, 3.05) is 11.9 Å². The number of hydrogen-bond donors (Lipinski definition) is 2. The molecule has 1 unspecified atom stereocenters. The fraction of sp³-hybridized carbons (Fsp3) is 0.500. The lowest BCUT2D eigenvalue weighted by Gasteiger charge is -2.10. The van der Waals surface area contributed by atoms with Gasteiger partial charge < -0.3 is 11.1 Å². The molecule has 1 aromatic heterocycles. The zero-order valence-electron chi connectivity index (χ0n) is 8.55. The molecule has 0 aliphatic carbocycles. The van der Waals surface area contributed by atoms with Crippen molar-refractivity contribution in [3.63, 3.8) is 0 Å². The highest BCUT2D eigenvalue weighted by Crippen LogP contribution is 2.22. The Bertz CT molecular complexity index is 299. The van der Waals surface area contributed by atoms with Crippen molar-refractivity contribution < 1.29 is 0 Å². The van der Waals surface area contributed by atoms with Gasteiger partial charge in [-0.2, -0.15) is 0 Å². The average molecular weight is 214 g/mol. The summed E-state index contributed by atoms with van der Waals surface area (Å²) >= 11 is 6.05. The van der Waals surface area contributed by atoms with Crippen LogP contribution < -0.4 is 11.1 Å². The fourth-order valence-electron chi connectivity index (χ4n) is 1.12. The minimum absolute atomic E-state index is 0.212. The smallest absolute Gasteiger partial charge is 0.0849 e. The van der Waals surface area contributed by atoms with Gasteiger partial charge in [0.1, 0.15) is 0 Å². The first-order valence-corrected chi connectivity index (χ1v) is 5.09. The third-order valence-electron chi connectivity index (χ3n) is 1.98. The molecule has 1 aromatic rings. The number of aryl methyl sites for hydroxylation is 1. The Morgan fingerprint density at radius 3 is 3.00 bits per heavy atom. The van der Waals surface area contributed by atoms with Gasteiger partial charge in [0.05, 0.1) is 16.4 Å². The van der Waals surface area contributed by atoms with Crippen molar-refractivity contribution >= 4 is 17.3 Å². The zero-order chi connectivity index (χ0) is 10.6. The van der Waals surface area contributed by atoms with E-state index in [9.17, 15) is 0 Å². The first-order valence-electron chi connectivity index (χ1n) is 4.72. The SMILES string of the molecule is Cc1nccc(NCCC(C)N)c1Cl. The predicted octanol–water partition coefficient (Wildman–Crippen LogP) is 2.19. The lowest BCUT2D eigenvalue weighted by Crippen LogP contribution is -2.19. The van der Waals surface area contributed by atoms with Crippen LogP contribution in [-0.4, -0.2) is 17.6 Å². The quantitative estimate of drug-likeness (QED) is 0.806. The fourth-order valence-corrected chi connectivity index (χ4v) is 1.30. The van der Waals surface area contributed by atoms with Crippen LogP contribution >= 0.6 is 11.6 Å². The van der Waals surface area contributed by atoms with Gasteiger partial charge in [0.25, 0.3) is 0 Å². The van der Waals surface area contributed by atoms with E-state index < -0.39 is 0 Å². The van der Waals surface area contributed by atoms with Crippen LogP contribution in [-0.2, 0) is 0 Å². The predicted molar refractivity (Wildman–Crippen MR) is 60.7 cm³/mol. The Hall–Kier alpha value is -0.800. The second-order valence-electron chi connectivity index (χ2n) is 3.45. The number of halogens is 1. The van der Waals surface area contributed by atoms with Gasteiger partial charge in [-0.3, -0.25) is 4.98 Å². The van der Waals surface area contributed by atoms with E-state index >= 15 is 0 Å². The summed E-state index contributed by atoms with van der Waals surface area (Å²) in [4.78, 5) is 4.09. The maximum absolute atomic E-state index is 6.05. The summed E-state index contributed by atoms with van der Waals surface area (Å²) in [6.45, 7) is 4.71. The van der Waals surface area contributed by atoms with Crippen LogP contribution in [0.15, 0.2) is 12.3 Å². The van der Waals surface area contributed by atoms with E-state index in [1.807, 2.05) is 19.9 Å². The maximum Gasteiger partial charge on any atom is 0.0849 e. The van der Waals surface area contributed by atoms with Crippen molar-refractivity contribution in [1.29, 1.82) is 0 Å². The van der Waals surface area contributed by atoms with Crippen molar-refractivity contribution in [2.45, 2.75) is 26.3 Å².